The first-order valence-corrected chi connectivity index (χ1v) is 13.9. The quantitative estimate of drug-likeness (QED) is 0.132. The van der Waals surface area contributed by atoms with Crippen LogP contribution in [-0.2, 0) is 0 Å². The zero-order chi connectivity index (χ0) is 18.3. The predicted molar refractivity (Wildman–Crippen MR) is 121 cm³/mol. The number of unbranched alkanes of at least 4 members (excludes halogenated alkanes) is 18. The molecule has 25 heavy (non-hydrogen) atoms. The maximum atomic E-state index is 2.30. The lowest BCUT2D eigenvalue weighted by atomic mass is 10.1. The summed E-state index contributed by atoms with van der Waals surface area (Å²) in [6.45, 7) is 4.61. The Kier molecular flexibility index (Phi) is 25.1. The Morgan fingerprint density at radius 3 is 0.880 bits per heavy atom. The summed E-state index contributed by atoms with van der Waals surface area (Å²) in [6, 6.07) is 0. The minimum Gasteiger partial charge on any atom is -0.104 e. The van der Waals surface area contributed by atoms with E-state index in [1.54, 1.807) is 10.6 Å². The second-order valence-corrected chi connectivity index (χ2v) is 9.96. The molecule has 0 saturated carbocycles. The van der Waals surface area contributed by atoms with Crippen molar-refractivity contribution in [3.63, 3.8) is 0 Å². The topological polar surface area (TPSA) is 0 Å². The van der Waals surface area contributed by atoms with E-state index in [2.05, 4.69) is 13.8 Å². The maximum Gasteiger partial charge on any atom is 0.199 e. The number of hydrogen-bond donors (Lipinski definition) is 0. The molecule has 0 aliphatic carbocycles. The average Bonchev–Trinajstić information content (AvgIpc) is 2.63. The fraction of sp³-hybridized carbons (Fsp3) is 1.00. The Morgan fingerprint density at radius 1 is 0.360 bits per heavy atom. The van der Waals surface area contributed by atoms with E-state index in [1.807, 2.05) is 0 Å². The Morgan fingerprint density at radius 2 is 0.600 bits per heavy atom. The van der Waals surface area contributed by atoms with Gasteiger partial charge < -0.3 is 0 Å². The third-order valence-corrected chi connectivity index (χ3v) is 7.16. The van der Waals surface area contributed by atoms with Crippen molar-refractivity contribution >= 4 is 15.2 Å². The van der Waals surface area contributed by atoms with Crippen LogP contribution in [0, 0.1) is 0 Å². The van der Waals surface area contributed by atoms with Crippen molar-refractivity contribution in [2.75, 3.05) is 0 Å². The molecule has 151 valence electrons. The molecule has 0 heterocycles. The molecular formula is C24H52Al. The van der Waals surface area contributed by atoms with Gasteiger partial charge in [0.25, 0.3) is 0 Å². The van der Waals surface area contributed by atoms with Gasteiger partial charge in [0.15, 0.2) is 15.2 Å². The van der Waals surface area contributed by atoms with Gasteiger partial charge in [-0.2, -0.15) is 0 Å². The number of hydrogen-bond acceptors (Lipinski definition) is 0. The predicted octanol–water partition coefficient (Wildman–Crippen LogP) is 9.61. The summed E-state index contributed by atoms with van der Waals surface area (Å²) in [6.07, 6.45) is 29.6. The molecule has 0 saturated heterocycles. The standard InChI is InChI=1S/2C12H25.Al.H2/c2*1-3-5-7-9-11-12-10-8-6-4-2;;/h2*1,3-12H2,2H3;;1H. The first kappa shape index (κ1) is 25.5. The van der Waals surface area contributed by atoms with Crippen molar-refractivity contribution in [3.8, 4) is 0 Å². The molecule has 1 heteroatoms. The molecular weight excluding hydrogens is 315 g/mol. The van der Waals surface area contributed by atoms with Crippen molar-refractivity contribution in [3.05, 3.63) is 0 Å². The molecule has 0 fully saturated rings. The molecule has 1 radical (unpaired) electrons. The number of rotatable bonds is 22. The Labute approximate surface area is 169 Å². The van der Waals surface area contributed by atoms with Gasteiger partial charge in [0.2, 0.25) is 0 Å². The van der Waals surface area contributed by atoms with E-state index in [9.17, 15) is 0 Å². The summed E-state index contributed by atoms with van der Waals surface area (Å²) in [5.74, 6) is 0. The van der Waals surface area contributed by atoms with Crippen molar-refractivity contribution in [1.29, 1.82) is 0 Å². The highest BCUT2D eigenvalue weighted by Crippen LogP contribution is 2.13. The Balaban J connectivity index is 0. The van der Waals surface area contributed by atoms with Gasteiger partial charge >= 0.3 is 0 Å². The lowest BCUT2D eigenvalue weighted by Crippen LogP contribution is -1.90. The van der Waals surface area contributed by atoms with Gasteiger partial charge in [-0.3, -0.25) is 0 Å². The highest BCUT2D eigenvalue weighted by molar-refractivity contribution is 6.35. The van der Waals surface area contributed by atoms with E-state index in [-0.39, 0.29) is 1.43 Å². The smallest absolute Gasteiger partial charge is 0.104 e. The van der Waals surface area contributed by atoms with Crippen LogP contribution in [0.3, 0.4) is 0 Å². The van der Waals surface area contributed by atoms with Gasteiger partial charge in [0.1, 0.15) is 0 Å². The maximum absolute atomic E-state index is 2.30. The summed E-state index contributed by atoms with van der Waals surface area (Å²) >= 11 is 0.780. The van der Waals surface area contributed by atoms with Crippen molar-refractivity contribution in [2.24, 2.45) is 0 Å². The summed E-state index contributed by atoms with van der Waals surface area (Å²) in [5.41, 5.74) is 0. The van der Waals surface area contributed by atoms with Gasteiger partial charge in [-0.25, -0.2) is 0 Å². The molecule has 0 aromatic heterocycles. The zero-order valence-corrected chi connectivity index (χ0v) is 19.3. The third kappa shape index (κ3) is 24.5. The fourth-order valence-corrected chi connectivity index (χ4v) is 5.14. The average molecular weight is 368 g/mol. The molecule has 0 N–H and O–H groups in total. The van der Waals surface area contributed by atoms with Gasteiger partial charge in [-0.05, 0) is 0 Å². The lowest BCUT2D eigenvalue weighted by Gasteiger charge is -2.03. The Hall–Kier alpha value is 0.532. The molecule has 0 rings (SSSR count). The largest absolute Gasteiger partial charge is 0.199 e. The normalized spacial score (nSPS) is 11.1. The second kappa shape index (κ2) is 24.5. The second-order valence-electron chi connectivity index (χ2n) is 8.23. The van der Waals surface area contributed by atoms with E-state index >= 15 is 0 Å². The summed E-state index contributed by atoms with van der Waals surface area (Å²) in [4.78, 5) is 0. The van der Waals surface area contributed by atoms with Crippen LogP contribution in [0.2, 0.25) is 10.6 Å². The van der Waals surface area contributed by atoms with E-state index in [0.29, 0.717) is 0 Å². The van der Waals surface area contributed by atoms with Gasteiger partial charge in [-0.15, -0.1) is 10.6 Å². The van der Waals surface area contributed by atoms with Crippen molar-refractivity contribution in [1.82, 2.24) is 0 Å². The third-order valence-electron chi connectivity index (χ3n) is 5.52. The van der Waals surface area contributed by atoms with E-state index < -0.39 is 0 Å². The van der Waals surface area contributed by atoms with Gasteiger partial charge in [0, 0.05) is 1.43 Å². The van der Waals surface area contributed by atoms with Gasteiger partial charge in [0.05, 0.1) is 0 Å². The fourth-order valence-electron chi connectivity index (χ4n) is 3.70. The summed E-state index contributed by atoms with van der Waals surface area (Å²) in [7, 11) is 0. The molecule has 0 unspecified atom stereocenters. The zero-order valence-electron chi connectivity index (χ0n) is 18.1. The molecule has 0 bridgehead atoms. The van der Waals surface area contributed by atoms with Crippen LogP contribution in [0.15, 0.2) is 0 Å². The van der Waals surface area contributed by atoms with Crippen molar-refractivity contribution < 1.29 is 1.43 Å². The van der Waals surface area contributed by atoms with Crippen LogP contribution < -0.4 is 0 Å². The molecule has 0 aromatic rings. The molecule has 0 amide bonds. The SMILES string of the molecule is CCCCCCCCCCC[CH2][Al][CH2]CCCCCCCCCCC.[HH]. The first-order valence-electron chi connectivity index (χ1n) is 12.2. The van der Waals surface area contributed by atoms with Crippen LogP contribution in [-0.4, -0.2) is 15.2 Å². The first-order chi connectivity index (χ1) is 12.4. The molecule has 0 spiro atoms. The molecule has 0 aliphatic heterocycles. The van der Waals surface area contributed by atoms with Crippen molar-refractivity contribution in [2.45, 2.75) is 153 Å². The molecule has 0 atom stereocenters. The van der Waals surface area contributed by atoms with E-state index in [4.69, 9.17) is 0 Å². The van der Waals surface area contributed by atoms with Crippen LogP contribution in [0.4, 0.5) is 0 Å². The van der Waals surface area contributed by atoms with E-state index in [0.717, 1.165) is 15.2 Å². The van der Waals surface area contributed by atoms with Crippen LogP contribution in [0.25, 0.3) is 0 Å². The molecule has 0 aromatic carbocycles. The monoisotopic (exact) mass is 367 g/mol. The van der Waals surface area contributed by atoms with Gasteiger partial charge in [-0.1, -0.05) is 142 Å². The highest BCUT2D eigenvalue weighted by Gasteiger charge is 1.96. The minimum atomic E-state index is 0. The van der Waals surface area contributed by atoms with Crippen LogP contribution in [0.1, 0.15) is 144 Å². The van der Waals surface area contributed by atoms with E-state index in [1.165, 1.54) is 128 Å². The summed E-state index contributed by atoms with van der Waals surface area (Å²) < 4.78 is 0. The van der Waals surface area contributed by atoms with Crippen LogP contribution >= 0.6 is 0 Å². The minimum absolute atomic E-state index is 0. The highest BCUT2D eigenvalue weighted by atomic mass is 27.1. The van der Waals surface area contributed by atoms with Crippen LogP contribution in [0.5, 0.6) is 0 Å². The lowest BCUT2D eigenvalue weighted by molar-refractivity contribution is 0.560. The summed E-state index contributed by atoms with van der Waals surface area (Å²) in [5, 5.41) is 3.15. The Bertz CT molecular complexity index is 198. The molecule has 0 nitrogen and oxygen atoms in total. The molecule has 0 aliphatic rings.